The number of pyridine rings is 1. The van der Waals surface area contributed by atoms with Gasteiger partial charge >= 0.3 is 6.18 Å². The summed E-state index contributed by atoms with van der Waals surface area (Å²) in [5.74, 6) is 0. The first-order valence-electron chi connectivity index (χ1n) is 5.53. The number of hydrogen-bond acceptors (Lipinski definition) is 4. The topological polar surface area (TPSA) is 74.1 Å². The van der Waals surface area contributed by atoms with Crippen molar-refractivity contribution >= 4 is 10.0 Å². The van der Waals surface area contributed by atoms with E-state index in [0.717, 1.165) is 6.07 Å². The Hall–Kier alpha value is -1.66. The fraction of sp³-hybridized carbons (Fsp3) is 0.455. The van der Waals surface area contributed by atoms with Gasteiger partial charge in [0.05, 0.1) is 0 Å². The Bertz CT molecular complexity index is 621. The molecule has 9 heteroatoms. The molecular formula is C11H12F3N3O2S. The Kier molecular flexibility index (Phi) is 4.73. The van der Waals surface area contributed by atoms with Crippen LogP contribution in [0.2, 0.25) is 0 Å². The molecular weight excluding hydrogens is 295 g/mol. The van der Waals surface area contributed by atoms with Crippen LogP contribution < -0.4 is 0 Å². The second-order valence-electron chi connectivity index (χ2n) is 4.22. The first-order valence-corrected chi connectivity index (χ1v) is 6.97. The van der Waals surface area contributed by atoms with Crippen LogP contribution in [0.3, 0.4) is 0 Å². The Labute approximate surface area is 114 Å². The molecule has 0 aliphatic heterocycles. The SMILES string of the molecule is CC(C)N(CC(F)(F)F)S(=O)(=O)c1cccnc1C#N. The molecule has 5 nitrogen and oxygen atoms in total. The minimum atomic E-state index is -4.67. The van der Waals surface area contributed by atoms with Crippen molar-refractivity contribution in [3.63, 3.8) is 0 Å². The van der Waals surface area contributed by atoms with Gasteiger partial charge in [-0.15, -0.1) is 0 Å². The number of rotatable bonds is 4. The predicted molar refractivity (Wildman–Crippen MR) is 64.0 cm³/mol. The monoisotopic (exact) mass is 307 g/mol. The smallest absolute Gasteiger partial charge is 0.244 e. The van der Waals surface area contributed by atoms with Crippen LogP contribution >= 0.6 is 0 Å². The number of nitrogens with zero attached hydrogens (tertiary/aromatic N) is 3. The van der Waals surface area contributed by atoms with Crippen LogP contribution in [0.25, 0.3) is 0 Å². The van der Waals surface area contributed by atoms with Crippen LogP contribution in [-0.4, -0.2) is 36.5 Å². The van der Waals surface area contributed by atoms with E-state index in [1.807, 2.05) is 0 Å². The molecule has 1 aromatic heterocycles. The lowest BCUT2D eigenvalue weighted by Gasteiger charge is -2.26. The lowest BCUT2D eigenvalue weighted by Crippen LogP contribution is -2.43. The summed E-state index contributed by atoms with van der Waals surface area (Å²) in [4.78, 5) is 3.03. The highest BCUT2D eigenvalue weighted by Crippen LogP contribution is 2.25. The summed E-state index contributed by atoms with van der Waals surface area (Å²) in [5, 5.41) is 8.82. The lowest BCUT2D eigenvalue weighted by atomic mass is 10.4. The Morgan fingerprint density at radius 2 is 2.05 bits per heavy atom. The van der Waals surface area contributed by atoms with Gasteiger partial charge in [0.15, 0.2) is 5.69 Å². The molecule has 0 atom stereocenters. The highest BCUT2D eigenvalue weighted by Gasteiger charge is 2.39. The van der Waals surface area contributed by atoms with Gasteiger partial charge in [0.25, 0.3) is 0 Å². The van der Waals surface area contributed by atoms with Crippen molar-refractivity contribution in [1.29, 1.82) is 5.26 Å². The van der Waals surface area contributed by atoms with Gasteiger partial charge in [-0.05, 0) is 26.0 Å². The number of nitriles is 1. The molecule has 1 aromatic rings. The normalized spacial score (nSPS) is 12.7. The molecule has 0 aliphatic carbocycles. The maximum Gasteiger partial charge on any atom is 0.402 e. The van der Waals surface area contributed by atoms with E-state index in [1.165, 1.54) is 26.1 Å². The quantitative estimate of drug-likeness (QED) is 0.851. The van der Waals surface area contributed by atoms with Gasteiger partial charge in [-0.3, -0.25) is 0 Å². The largest absolute Gasteiger partial charge is 0.402 e. The fourth-order valence-corrected chi connectivity index (χ4v) is 3.25. The summed E-state index contributed by atoms with van der Waals surface area (Å²) in [6.07, 6.45) is -3.48. The van der Waals surface area contributed by atoms with E-state index < -0.39 is 39.4 Å². The highest BCUT2D eigenvalue weighted by molar-refractivity contribution is 7.89. The van der Waals surface area contributed by atoms with Crippen molar-refractivity contribution in [1.82, 2.24) is 9.29 Å². The van der Waals surface area contributed by atoms with Crippen LogP contribution in [0.5, 0.6) is 0 Å². The van der Waals surface area contributed by atoms with E-state index in [0.29, 0.717) is 4.31 Å². The van der Waals surface area contributed by atoms with E-state index >= 15 is 0 Å². The summed E-state index contributed by atoms with van der Waals surface area (Å²) in [6.45, 7) is 1.03. The summed E-state index contributed by atoms with van der Waals surface area (Å²) in [6, 6.07) is 2.96. The van der Waals surface area contributed by atoms with Crippen LogP contribution in [0.4, 0.5) is 13.2 Å². The molecule has 1 heterocycles. The standard InChI is InChI=1S/C11H12F3N3O2S/c1-8(2)17(7-11(12,13)14)20(18,19)10-4-3-5-16-9(10)6-15/h3-5,8H,7H2,1-2H3. The first kappa shape index (κ1) is 16.4. The molecule has 0 saturated heterocycles. The Balaban J connectivity index is 3.35. The van der Waals surface area contributed by atoms with Crippen LogP contribution in [0.1, 0.15) is 19.5 Å². The molecule has 0 aliphatic rings. The van der Waals surface area contributed by atoms with Gasteiger partial charge in [-0.1, -0.05) is 0 Å². The summed E-state index contributed by atoms with van der Waals surface area (Å²) >= 11 is 0. The van der Waals surface area contributed by atoms with E-state index in [2.05, 4.69) is 4.98 Å². The first-order chi connectivity index (χ1) is 9.09. The van der Waals surface area contributed by atoms with Crippen molar-refractivity contribution in [2.75, 3.05) is 6.54 Å². The zero-order valence-corrected chi connectivity index (χ0v) is 11.5. The average molecular weight is 307 g/mol. The predicted octanol–water partition coefficient (Wildman–Crippen LogP) is 1.91. The van der Waals surface area contributed by atoms with Gasteiger partial charge < -0.3 is 0 Å². The second-order valence-corrected chi connectivity index (χ2v) is 6.08. The second kappa shape index (κ2) is 5.76. The van der Waals surface area contributed by atoms with Crippen LogP contribution in [0.15, 0.2) is 23.2 Å². The Morgan fingerprint density at radius 3 is 2.50 bits per heavy atom. The molecule has 0 unspecified atom stereocenters. The highest BCUT2D eigenvalue weighted by atomic mass is 32.2. The molecule has 20 heavy (non-hydrogen) atoms. The third-order valence-electron chi connectivity index (χ3n) is 2.37. The average Bonchev–Trinajstić information content (AvgIpc) is 2.34. The van der Waals surface area contributed by atoms with E-state index in [-0.39, 0.29) is 0 Å². The number of halogens is 3. The van der Waals surface area contributed by atoms with E-state index in [4.69, 9.17) is 5.26 Å². The molecule has 0 amide bonds. The minimum absolute atomic E-state index is 0.296. The summed E-state index contributed by atoms with van der Waals surface area (Å²) < 4.78 is 62.4. The molecule has 0 saturated carbocycles. The third kappa shape index (κ3) is 3.68. The molecule has 110 valence electrons. The van der Waals surface area contributed by atoms with Crippen molar-refractivity contribution in [3.8, 4) is 6.07 Å². The molecule has 0 bridgehead atoms. The fourth-order valence-electron chi connectivity index (χ4n) is 1.53. The molecule has 0 radical (unpaired) electrons. The van der Waals surface area contributed by atoms with Crippen molar-refractivity contribution in [2.24, 2.45) is 0 Å². The lowest BCUT2D eigenvalue weighted by molar-refractivity contribution is -0.138. The number of hydrogen-bond donors (Lipinski definition) is 0. The van der Waals surface area contributed by atoms with Gasteiger partial charge in [0.2, 0.25) is 10.0 Å². The summed E-state index contributed by atoms with van der Waals surface area (Å²) in [5.41, 5.74) is -0.430. The zero-order chi connectivity index (χ0) is 15.6. The summed E-state index contributed by atoms with van der Waals surface area (Å²) in [7, 11) is -4.45. The van der Waals surface area contributed by atoms with Gasteiger partial charge in [-0.25, -0.2) is 13.4 Å². The molecule has 0 aromatic carbocycles. The van der Waals surface area contributed by atoms with Gasteiger partial charge in [-0.2, -0.15) is 22.7 Å². The number of aromatic nitrogens is 1. The van der Waals surface area contributed by atoms with Crippen molar-refractivity contribution in [3.05, 3.63) is 24.0 Å². The molecule has 1 rings (SSSR count). The maximum atomic E-state index is 12.5. The molecule has 0 N–H and O–H groups in total. The van der Waals surface area contributed by atoms with Crippen LogP contribution in [-0.2, 0) is 10.0 Å². The van der Waals surface area contributed by atoms with Gasteiger partial charge in [0.1, 0.15) is 17.5 Å². The van der Waals surface area contributed by atoms with Crippen molar-refractivity contribution < 1.29 is 21.6 Å². The van der Waals surface area contributed by atoms with E-state index in [1.54, 1.807) is 6.07 Å². The number of sulfonamides is 1. The maximum absolute atomic E-state index is 12.5. The third-order valence-corrected chi connectivity index (χ3v) is 4.43. The Morgan fingerprint density at radius 1 is 1.45 bits per heavy atom. The minimum Gasteiger partial charge on any atom is -0.244 e. The van der Waals surface area contributed by atoms with Gasteiger partial charge in [0, 0.05) is 12.2 Å². The van der Waals surface area contributed by atoms with E-state index in [9.17, 15) is 21.6 Å². The van der Waals surface area contributed by atoms with Crippen LogP contribution in [0, 0.1) is 11.3 Å². The zero-order valence-electron chi connectivity index (χ0n) is 10.7. The molecule has 0 spiro atoms. The van der Waals surface area contributed by atoms with Crippen molar-refractivity contribution in [2.45, 2.75) is 31.0 Å². The number of alkyl halides is 3. The molecule has 0 fully saturated rings.